The number of benzene rings is 1. The van der Waals surface area contributed by atoms with Crippen molar-refractivity contribution in [1.82, 2.24) is 5.32 Å². The minimum absolute atomic E-state index is 0.641. The molecule has 1 aromatic rings. The van der Waals surface area contributed by atoms with Gasteiger partial charge in [0.1, 0.15) is 5.75 Å². The fourth-order valence-corrected chi connectivity index (χ4v) is 4.39. The van der Waals surface area contributed by atoms with E-state index in [1.807, 2.05) is 6.07 Å². The van der Waals surface area contributed by atoms with Gasteiger partial charge in [0, 0.05) is 22.6 Å². The molecule has 0 aromatic heterocycles. The van der Waals surface area contributed by atoms with Crippen LogP contribution in [0.15, 0.2) is 21.1 Å². The van der Waals surface area contributed by atoms with E-state index in [1.54, 1.807) is 7.11 Å². The Hall–Kier alpha value is -0.0600. The molecule has 0 spiro atoms. The first-order chi connectivity index (χ1) is 9.60. The van der Waals surface area contributed by atoms with Gasteiger partial charge in [-0.1, -0.05) is 35.7 Å². The van der Waals surface area contributed by atoms with Crippen molar-refractivity contribution in [1.29, 1.82) is 0 Å². The van der Waals surface area contributed by atoms with E-state index < -0.39 is 0 Å². The summed E-state index contributed by atoms with van der Waals surface area (Å²) in [6, 6.07) is 4.80. The van der Waals surface area contributed by atoms with Gasteiger partial charge in [-0.15, -0.1) is 0 Å². The molecular formula is C16H23Br2NO. The summed E-state index contributed by atoms with van der Waals surface area (Å²) in [5, 5.41) is 3.71. The fraction of sp³-hybridized carbons (Fsp3) is 0.625. The maximum absolute atomic E-state index is 5.51. The minimum Gasteiger partial charge on any atom is -0.495 e. The van der Waals surface area contributed by atoms with Gasteiger partial charge >= 0.3 is 0 Å². The summed E-state index contributed by atoms with van der Waals surface area (Å²) in [7, 11) is 1.73. The normalized spacial score (nSPS) is 23.4. The molecule has 0 saturated heterocycles. The summed E-state index contributed by atoms with van der Waals surface area (Å²) in [4.78, 5) is 0. The number of hydrogen-bond acceptors (Lipinski definition) is 2. The maximum atomic E-state index is 5.51. The molecule has 0 aliphatic heterocycles. The second-order valence-electron chi connectivity index (χ2n) is 5.77. The van der Waals surface area contributed by atoms with Gasteiger partial charge in [0.05, 0.1) is 11.6 Å². The van der Waals surface area contributed by atoms with Gasteiger partial charge in [0.15, 0.2) is 0 Å². The van der Waals surface area contributed by atoms with E-state index in [9.17, 15) is 0 Å². The summed E-state index contributed by atoms with van der Waals surface area (Å²) < 4.78 is 7.59. The van der Waals surface area contributed by atoms with Crippen LogP contribution in [-0.2, 0) is 6.54 Å². The molecule has 1 aliphatic carbocycles. The van der Waals surface area contributed by atoms with E-state index in [-0.39, 0.29) is 0 Å². The van der Waals surface area contributed by atoms with Gasteiger partial charge in [0.2, 0.25) is 0 Å². The average molecular weight is 405 g/mol. The molecule has 2 unspecified atom stereocenters. The molecule has 0 radical (unpaired) electrons. The van der Waals surface area contributed by atoms with E-state index in [1.165, 1.54) is 37.7 Å². The zero-order valence-corrected chi connectivity index (χ0v) is 15.4. The summed E-state index contributed by atoms with van der Waals surface area (Å²) >= 11 is 7.11. The van der Waals surface area contributed by atoms with Crippen LogP contribution in [0.2, 0.25) is 0 Å². The van der Waals surface area contributed by atoms with Crippen molar-refractivity contribution in [3.8, 4) is 5.75 Å². The summed E-state index contributed by atoms with van der Waals surface area (Å²) in [5.41, 5.74) is 1.20. The predicted octanol–water partition coefficient (Wildman–Crippen LogP) is 5.28. The summed E-state index contributed by atoms with van der Waals surface area (Å²) in [6.45, 7) is 3.23. The lowest BCUT2D eigenvalue weighted by atomic mass is 10.0. The third kappa shape index (κ3) is 4.47. The molecule has 1 N–H and O–H groups in total. The Bertz CT molecular complexity index is 450. The van der Waals surface area contributed by atoms with Crippen molar-refractivity contribution in [2.24, 2.45) is 5.92 Å². The van der Waals surface area contributed by atoms with E-state index in [2.05, 4.69) is 50.2 Å². The van der Waals surface area contributed by atoms with Gasteiger partial charge in [-0.3, -0.25) is 0 Å². The number of halogens is 2. The third-order valence-corrected chi connectivity index (χ3v) is 5.17. The summed E-state index contributed by atoms with van der Waals surface area (Å²) in [6.07, 6.45) is 6.65. The Morgan fingerprint density at radius 2 is 2.00 bits per heavy atom. The highest BCUT2D eigenvalue weighted by Crippen LogP contribution is 2.33. The molecule has 0 heterocycles. The maximum Gasteiger partial charge on any atom is 0.137 e. The first kappa shape index (κ1) is 16.3. The minimum atomic E-state index is 0.641. The zero-order valence-electron chi connectivity index (χ0n) is 12.2. The number of nitrogens with one attached hydrogen (secondary N) is 1. The molecule has 0 bridgehead atoms. The van der Waals surface area contributed by atoms with Gasteiger partial charge in [0.25, 0.3) is 0 Å². The van der Waals surface area contributed by atoms with Gasteiger partial charge in [-0.05, 0) is 53.2 Å². The standard InChI is InChI=1S/C16H23Br2NO/c1-11-4-3-5-14(7-6-11)19-10-12-8-13(17)9-15(18)16(12)20-2/h8-9,11,14,19H,3-7,10H2,1-2H3. The van der Waals surface area contributed by atoms with Crippen LogP contribution in [0.1, 0.15) is 44.6 Å². The average Bonchev–Trinajstić information content (AvgIpc) is 2.60. The van der Waals surface area contributed by atoms with Crippen molar-refractivity contribution in [2.75, 3.05) is 7.11 Å². The largest absolute Gasteiger partial charge is 0.495 e. The molecule has 20 heavy (non-hydrogen) atoms. The second kappa shape index (κ2) is 7.81. The molecular weight excluding hydrogens is 382 g/mol. The molecule has 2 rings (SSSR count). The van der Waals surface area contributed by atoms with Crippen LogP contribution in [0.25, 0.3) is 0 Å². The first-order valence-electron chi connectivity index (χ1n) is 7.35. The van der Waals surface area contributed by atoms with Crippen molar-refractivity contribution in [3.05, 3.63) is 26.6 Å². The third-order valence-electron chi connectivity index (χ3n) is 4.13. The summed E-state index contributed by atoms with van der Waals surface area (Å²) in [5.74, 6) is 1.82. The SMILES string of the molecule is COc1c(Br)cc(Br)cc1CNC1CCCC(C)CC1. The van der Waals surface area contributed by atoms with Crippen molar-refractivity contribution >= 4 is 31.9 Å². The molecule has 4 heteroatoms. The Labute approximate surface area is 138 Å². The van der Waals surface area contributed by atoms with Gasteiger partial charge in [-0.25, -0.2) is 0 Å². The lowest BCUT2D eigenvalue weighted by molar-refractivity contribution is 0.397. The van der Waals surface area contributed by atoms with Crippen LogP contribution in [0.5, 0.6) is 5.75 Å². The van der Waals surface area contributed by atoms with E-state index in [0.717, 1.165) is 27.2 Å². The van der Waals surface area contributed by atoms with Crippen LogP contribution < -0.4 is 10.1 Å². The fourth-order valence-electron chi connectivity index (χ4n) is 2.92. The molecule has 1 aromatic carbocycles. The van der Waals surface area contributed by atoms with Crippen LogP contribution in [0.3, 0.4) is 0 Å². The van der Waals surface area contributed by atoms with Crippen molar-refractivity contribution in [2.45, 2.75) is 51.6 Å². The molecule has 0 amide bonds. The Morgan fingerprint density at radius 3 is 2.75 bits per heavy atom. The van der Waals surface area contributed by atoms with Crippen LogP contribution in [-0.4, -0.2) is 13.2 Å². The number of ether oxygens (including phenoxy) is 1. The van der Waals surface area contributed by atoms with E-state index >= 15 is 0 Å². The molecule has 1 saturated carbocycles. The highest BCUT2D eigenvalue weighted by molar-refractivity contribution is 9.11. The molecule has 112 valence electrons. The molecule has 2 atom stereocenters. The van der Waals surface area contributed by atoms with Crippen molar-refractivity contribution < 1.29 is 4.74 Å². The number of rotatable bonds is 4. The monoisotopic (exact) mass is 403 g/mol. The van der Waals surface area contributed by atoms with Crippen LogP contribution >= 0.6 is 31.9 Å². The lowest BCUT2D eigenvalue weighted by Gasteiger charge is -2.18. The zero-order chi connectivity index (χ0) is 14.5. The quantitative estimate of drug-likeness (QED) is 0.689. The highest BCUT2D eigenvalue weighted by Gasteiger charge is 2.17. The second-order valence-corrected chi connectivity index (χ2v) is 7.54. The van der Waals surface area contributed by atoms with Crippen LogP contribution in [0, 0.1) is 5.92 Å². The highest BCUT2D eigenvalue weighted by atomic mass is 79.9. The van der Waals surface area contributed by atoms with Crippen LogP contribution in [0.4, 0.5) is 0 Å². The predicted molar refractivity (Wildman–Crippen MR) is 91.3 cm³/mol. The topological polar surface area (TPSA) is 21.3 Å². The number of hydrogen-bond donors (Lipinski definition) is 1. The number of methoxy groups -OCH3 is 1. The smallest absolute Gasteiger partial charge is 0.137 e. The van der Waals surface area contributed by atoms with Gasteiger partial charge < -0.3 is 10.1 Å². The van der Waals surface area contributed by atoms with E-state index in [0.29, 0.717) is 6.04 Å². The Morgan fingerprint density at radius 1 is 1.20 bits per heavy atom. The molecule has 1 fully saturated rings. The Kier molecular flexibility index (Phi) is 6.37. The lowest BCUT2D eigenvalue weighted by Crippen LogP contribution is -2.28. The Balaban J connectivity index is 1.99. The van der Waals surface area contributed by atoms with E-state index in [4.69, 9.17) is 4.74 Å². The molecule has 1 aliphatic rings. The van der Waals surface area contributed by atoms with Gasteiger partial charge in [-0.2, -0.15) is 0 Å². The van der Waals surface area contributed by atoms with Crippen molar-refractivity contribution in [3.63, 3.8) is 0 Å². The first-order valence-corrected chi connectivity index (χ1v) is 8.94. The molecule has 2 nitrogen and oxygen atoms in total.